The first-order valence-electron chi connectivity index (χ1n) is 10.2. The normalized spacial score (nSPS) is 15.5. The van der Waals surface area contributed by atoms with Crippen LogP contribution in [-0.2, 0) is 4.79 Å². The van der Waals surface area contributed by atoms with Crippen LogP contribution in [0.3, 0.4) is 0 Å². The number of thiophene rings is 1. The van der Waals surface area contributed by atoms with Gasteiger partial charge in [0, 0.05) is 19.6 Å². The third kappa shape index (κ3) is 5.24. The number of benzene rings is 1. The van der Waals surface area contributed by atoms with E-state index in [1.165, 1.54) is 23.5 Å². The minimum Gasteiger partial charge on any atom is -0.354 e. The van der Waals surface area contributed by atoms with E-state index in [-0.39, 0.29) is 29.2 Å². The van der Waals surface area contributed by atoms with Crippen LogP contribution in [0.15, 0.2) is 41.8 Å². The van der Waals surface area contributed by atoms with Crippen LogP contribution in [0, 0.1) is 11.7 Å². The van der Waals surface area contributed by atoms with Crippen LogP contribution in [0.4, 0.5) is 4.39 Å². The maximum Gasteiger partial charge on any atom is 0.262 e. The Labute approximate surface area is 179 Å². The molecule has 1 unspecified atom stereocenters. The van der Waals surface area contributed by atoms with Crippen LogP contribution in [0.2, 0.25) is 0 Å². The van der Waals surface area contributed by atoms with Gasteiger partial charge in [0.25, 0.3) is 11.8 Å². The van der Waals surface area contributed by atoms with Crippen molar-refractivity contribution in [3.8, 4) is 0 Å². The Balaban J connectivity index is 1.66. The third-order valence-electron chi connectivity index (χ3n) is 5.27. The molecule has 3 amide bonds. The third-order valence-corrected chi connectivity index (χ3v) is 6.13. The van der Waals surface area contributed by atoms with Crippen LogP contribution in [-0.4, -0.2) is 48.3 Å². The van der Waals surface area contributed by atoms with E-state index >= 15 is 0 Å². The van der Waals surface area contributed by atoms with Gasteiger partial charge in [-0.1, -0.05) is 25.1 Å². The average Bonchev–Trinajstić information content (AvgIpc) is 3.31. The monoisotopic (exact) mass is 431 g/mol. The van der Waals surface area contributed by atoms with E-state index < -0.39 is 11.9 Å². The number of likely N-dealkylation sites (tertiary alicyclic amines) is 1. The maximum atomic E-state index is 14.0. The molecule has 160 valence electrons. The van der Waals surface area contributed by atoms with Crippen molar-refractivity contribution in [2.24, 2.45) is 5.92 Å². The summed E-state index contributed by atoms with van der Waals surface area (Å²) in [6, 6.07) is 8.78. The summed E-state index contributed by atoms with van der Waals surface area (Å²) in [6.45, 7) is 3.32. The van der Waals surface area contributed by atoms with Crippen molar-refractivity contribution < 1.29 is 18.8 Å². The highest BCUT2D eigenvalue weighted by atomic mass is 32.1. The largest absolute Gasteiger partial charge is 0.354 e. The van der Waals surface area contributed by atoms with Crippen molar-refractivity contribution in [1.82, 2.24) is 15.5 Å². The molecule has 1 aliphatic heterocycles. The Morgan fingerprint density at radius 2 is 1.90 bits per heavy atom. The first kappa shape index (κ1) is 22.0. The molecule has 0 radical (unpaired) electrons. The highest BCUT2D eigenvalue weighted by Crippen LogP contribution is 2.24. The van der Waals surface area contributed by atoms with E-state index in [0.29, 0.717) is 37.4 Å². The first-order valence-corrected chi connectivity index (χ1v) is 11.0. The fourth-order valence-corrected chi connectivity index (χ4v) is 4.24. The summed E-state index contributed by atoms with van der Waals surface area (Å²) in [5, 5.41) is 7.56. The van der Waals surface area contributed by atoms with Crippen LogP contribution in [0.1, 0.15) is 46.2 Å². The van der Waals surface area contributed by atoms with E-state index in [1.54, 1.807) is 29.2 Å². The van der Waals surface area contributed by atoms with Crippen molar-refractivity contribution in [1.29, 1.82) is 0 Å². The number of nitrogens with one attached hydrogen (secondary N) is 2. The fraction of sp³-hybridized carbons (Fsp3) is 0.409. The summed E-state index contributed by atoms with van der Waals surface area (Å²) in [6.07, 6.45) is 1.90. The first-order chi connectivity index (χ1) is 14.5. The van der Waals surface area contributed by atoms with Gasteiger partial charge in [0.15, 0.2) is 0 Å². The zero-order chi connectivity index (χ0) is 21.5. The van der Waals surface area contributed by atoms with Gasteiger partial charge in [-0.25, -0.2) is 4.39 Å². The molecular weight excluding hydrogens is 405 g/mol. The van der Waals surface area contributed by atoms with Gasteiger partial charge in [0.2, 0.25) is 5.91 Å². The second kappa shape index (κ2) is 10.3. The molecule has 1 fully saturated rings. The van der Waals surface area contributed by atoms with Gasteiger partial charge in [0.05, 0.1) is 10.4 Å². The fourth-order valence-electron chi connectivity index (χ4n) is 3.62. The number of nitrogens with zero attached hydrogens (tertiary/aromatic N) is 1. The Morgan fingerprint density at radius 1 is 1.17 bits per heavy atom. The van der Waals surface area contributed by atoms with Gasteiger partial charge >= 0.3 is 0 Å². The molecule has 0 saturated carbocycles. The molecule has 2 N–H and O–H groups in total. The molecule has 30 heavy (non-hydrogen) atoms. The van der Waals surface area contributed by atoms with Gasteiger partial charge in [-0.3, -0.25) is 14.4 Å². The lowest BCUT2D eigenvalue weighted by atomic mass is 9.88. The Hall–Kier alpha value is -2.74. The van der Waals surface area contributed by atoms with Gasteiger partial charge in [-0.15, -0.1) is 11.3 Å². The van der Waals surface area contributed by atoms with Gasteiger partial charge in [-0.05, 0) is 48.8 Å². The van der Waals surface area contributed by atoms with E-state index in [1.807, 2.05) is 12.3 Å². The summed E-state index contributed by atoms with van der Waals surface area (Å²) in [5.41, 5.74) is 0.0548. The summed E-state index contributed by atoms with van der Waals surface area (Å²) in [5.74, 6) is -1.46. The number of hydrogen-bond donors (Lipinski definition) is 2. The molecular formula is C22H26FN3O3S. The lowest BCUT2D eigenvalue weighted by Crippen LogP contribution is -2.53. The molecule has 2 aromatic rings. The van der Waals surface area contributed by atoms with E-state index in [0.717, 1.165) is 6.42 Å². The highest BCUT2D eigenvalue weighted by molar-refractivity contribution is 7.12. The Kier molecular flexibility index (Phi) is 7.57. The number of halogens is 1. The van der Waals surface area contributed by atoms with Gasteiger partial charge in [0.1, 0.15) is 11.9 Å². The topological polar surface area (TPSA) is 78.5 Å². The summed E-state index contributed by atoms with van der Waals surface area (Å²) < 4.78 is 14.0. The summed E-state index contributed by atoms with van der Waals surface area (Å²) in [7, 11) is 0. The molecule has 6 nitrogen and oxygen atoms in total. The van der Waals surface area contributed by atoms with Gasteiger partial charge < -0.3 is 15.5 Å². The molecule has 0 bridgehead atoms. The molecule has 1 aromatic heterocycles. The zero-order valence-electron chi connectivity index (χ0n) is 16.9. The number of hydrogen-bond acceptors (Lipinski definition) is 4. The molecule has 1 aromatic carbocycles. The Morgan fingerprint density at radius 3 is 2.53 bits per heavy atom. The maximum absolute atomic E-state index is 14.0. The second-order valence-electron chi connectivity index (χ2n) is 7.33. The molecule has 2 heterocycles. The molecule has 0 spiro atoms. The smallest absolute Gasteiger partial charge is 0.262 e. The van der Waals surface area contributed by atoms with Crippen LogP contribution in [0.5, 0.6) is 0 Å². The molecule has 8 heteroatoms. The van der Waals surface area contributed by atoms with Crippen molar-refractivity contribution in [2.45, 2.75) is 32.2 Å². The predicted molar refractivity (Wildman–Crippen MR) is 114 cm³/mol. The van der Waals surface area contributed by atoms with E-state index in [9.17, 15) is 18.8 Å². The van der Waals surface area contributed by atoms with Crippen molar-refractivity contribution in [2.75, 3.05) is 19.6 Å². The van der Waals surface area contributed by atoms with Crippen LogP contribution >= 0.6 is 11.3 Å². The molecule has 1 saturated heterocycles. The number of rotatable bonds is 7. The standard InChI is InChI=1S/C22H26FN3O3S/c1-2-11-24-21(28)19(25-20(27)18-8-5-14-30-18)15-9-12-26(13-10-15)22(29)16-6-3-4-7-17(16)23/h3-8,14-15,19H,2,9-13H2,1H3,(H,24,28)(H,25,27). The van der Waals surface area contributed by atoms with Crippen molar-refractivity contribution in [3.05, 3.63) is 58.0 Å². The minimum absolute atomic E-state index is 0.0548. The number of amides is 3. The highest BCUT2D eigenvalue weighted by Gasteiger charge is 2.34. The van der Waals surface area contributed by atoms with E-state index in [2.05, 4.69) is 10.6 Å². The lowest BCUT2D eigenvalue weighted by molar-refractivity contribution is -0.124. The van der Waals surface area contributed by atoms with Crippen molar-refractivity contribution in [3.63, 3.8) is 0 Å². The second-order valence-corrected chi connectivity index (χ2v) is 8.28. The Bertz CT molecular complexity index is 880. The number of carbonyl (C=O) groups is 3. The van der Waals surface area contributed by atoms with Crippen LogP contribution in [0.25, 0.3) is 0 Å². The molecule has 1 atom stereocenters. The molecule has 0 aliphatic carbocycles. The predicted octanol–water partition coefficient (Wildman–Crippen LogP) is 3.06. The van der Waals surface area contributed by atoms with Crippen LogP contribution < -0.4 is 10.6 Å². The molecule has 1 aliphatic rings. The summed E-state index contributed by atoms with van der Waals surface area (Å²) >= 11 is 1.32. The van der Waals surface area contributed by atoms with Crippen molar-refractivity contribution >= 4 is 29.1 Å². The molecule has 3 rings (SSSR count). The SMILES string of the molecule is CCCNC(=O)C(NC(=O)c1cccs1)C1CCN(C(=O)c2ccccc2F)CC1. The van der Waals surface area contributed by atoms with E-state index in [4.69, 9.17) is 0 Å². The number of carbonyl (C=O) groups excluding carboxylic acids is 3. The summed E-state index contributed by atoms with van der Waals surface area (Å²) in [4.78, 5) is 40.1. The number of piperidine rings is 1. The quantitative estimate of drug-likeness (QED) is 0.707. The minimum atomic E-state index is -0.670. The average molecular weight is 432 g/mol. The zero-order valence-corrected chi connectivity index (χ0v) is 17.7. The van der Waals surface area contributed by atoms with Gasteiger partial charge in [-0.2, -0.15) is 0 Å². The lowest BCUT2D eigenvalue weighted by Gasteiger charge is -2.35.